The van der Waals surface area contributed by atoms with Crippen molar-refractivity contribution in [3.05, 3.63) is 71.3 Å². The molecule has 0 aliphatic heterocycles. The van der Waals surface area contributed by atoms with Crippen molar-refractivity contribution < 1.29 is 23.5 Å². The monoisotopic (exact) mass is 347 g/mol. The lowest BCUT2D eigenvalue weighted by atomic mass is 10.0. The van der Waals surface area contributed by atoms with Crippen molar-refractivity contribution in [3.8, 4) is 0 Å². The fourth-order valence-corrected chi connectivity index (χ4v) is 2.39. The quantitative estimate of drug-likeness (QED) is 0.756. The van der Waals surface area contributed by atoms with Gasteiger partial charge in [-0.2, -0.15) is 0 Å². The number of hydrogen-bond acceptors (Lipinski definition) is 3. The minimum atomic E-state index is -1.19. The summed E-state index contributed by atoms with van der Waals surface area (Å²) in [6, 6.07) is 11.0. The molecule has 2 rings (SSSR count). The van der Waals surface area contributed by atoms with Crippen LogP contribution in [0.15, 0.2) is 48.5 Å². The second-order valence-electron chi connectivity index (χ2n) is 5.76. The highest BCUT2D eigenvalue weighted by atomic mass is 19.2. The van der Waals surface area contributed by atoms with Gasteiger partial charge in [-0.15, -0.1) is 0 Å². The van der Waals surface area contributed by atoms with Gasteiger partial charge in [0.15, 0.2) is 17.4 Å². The number of nitrogens with one attached hydrogen (secondary N) is 1. The summed E-state index contributed by atoms with van der Waals surface area (Å²) in [5.74, 6) is -2.63. The van der Waals surface area contributed by atoms with Crippen LogP contribution in [-0.2, 0) is 4.79 Å². The molecule has 132 valence electrons. The van der Waals surface area contributed by atoms with Gasteiger partial charge in [0.2, 0.25) is 5.91 Å². The summed E-state index contributed by atoms with van der Waals surface area (Å²) in [6.07, 6.45) is -1.17. The van der Waals surface area contributed by atoms with E-state index in [1.807, 2.05) is 0 Å². The molecule has 0 heterocycles. The summed E-state index contributed by atoms with van der Waals surface area (Å²) in [4.78, 5) is 23.9. The van der Waals surface area contributed by atoms with Crippen LogP contribution < -0.4 is 5.32 Å². The number of amides is 1. The maximum absolute atomic E-state index is 13.2. The number of carbonyl (C=O) groups is 2. The van der Waals surface area contributed by atoms with Gasteiger partial charge in [0.05, 0.1) is 12.1 Å². The van der Waals surface area contributed by atoms with E-state index in [9.17, 15) is 23.5 Å². The number of ketones is 1. The normalized spacial score (nSPS) is 13.1. The molecule has 0 saturated carbocycles. The zero-order valence-corrected chi connectivity index (χ0v) is 13.7. The lowest BCUT2D eigenvalue weighted by Gasteiger charge is -2.20. The van der Waals surface area contributed by atoms with Gasteiger partial charge >= 0.3 is 0 Å². The van der Waals surface area contributed by atoms with E-state index >= 15 is 0 Å². The average molecular weight is 347 g/mol. The summed E-state index contributed by atoms with van der Waals surface area (Å²) in [5, 5.41) is 12.7. The van der Waals surface area contributed by atoms with Crippen LogP contribution in [0.25, 0.3) is 0 Å². The molecule has 0 fully saturated rings. The fourth-order valence-electron chi connectivity index (χ4n) is 2.39. The average Bonchev–Trinajstić information content (AvgIpc) is 2.62. The van der Waals surface area contributed by atoms with Crippen LogP contribution in [0, 0.1) is 11.6 Å². The van der Waals surface area contributed by atoms with Gasteiger partial charge in [0, 0.05) is 18.4 Å². The number of rotatable bonds is 7. The van der Waals surface area contributed by atoms with E-state index in [4.69, 9.17) is 0 Å². The van der Waals surface area contributed by atoms with Gasteiger partial charge in [-0.3, -0.25) is 9.59 Å². The van der Waals surface area contributed by atoms with E-state index in [1.54, 1.807) is 37.3 Å². The van der Waals surface area contributed by atoms with Crippen molar-refractivity contribution in [2.75, 3.05) is 0 Å². The Hall–Kier alpha value is -2.60. The van der Waals surface area contributed by atoms with Gasteiger partial charge < -0.3 is 10.4 Å². The highest BCUT2D eigenvalue weighted by Gasteiger charge is 2.20. The van der Waals surface area contributed by atoms with Crippen LogP contribution >= 0.6 is 0 Å². The summed E-state index contributed by atoms with van der Waals surface area (Å²) in [7, 11) is 0. The summed E-state index contributed by atoms with van der Waals surface area (Å²) in [6.45, 7) is 1.54. The smallest absolute Gasteiger partial charge is 0.220 e. The Bertz CT molecular complexity index is 750. The predicted molar refractivity (Wildman–Crippen MR) is 88.9 cm³/mol. The van der Waals surface area contributed by atoms with Crippen LogP contribution in [0.1, 0.15) is 41.8 Å². The Morgan fingerprint density at radius 1 is 1.04 bits per heavy atom. The lowest BCUT2D eigenvalue weighted by Crippen LogP contribution is -2.37. The minimum Gasteiger partial charge on any atom is -0.386 e. The van der Waals surface area contributed by atoms with Gasteiger partial charge in [-0.1, -0.05) is 36.4 Å². The van der Waals surface area contributed by atoms with E-state index in [0.717, 1.165) is 12.1 Å². The van der Waals surface area contributed by atoms with E-state index in [2.05, 4.69) is 5.32 Å². The number of benzene rings is 2. The third-order valence-corrected chi connectivity index (χ3v) is 3.82. The number of Topliss-reactive ketones (excluding diaryl/α,β-unsaturated/α-hetero) is 1. The Kier molecular flexibility index (Phi) is 6.36. The number of carbonyl (C=O) groups excluding carboxylic acids is 2. The Morgan fingerprint density at radius 3 is 2.36 bits per heavy atom. The number of aliphatic hydroxyl groups excluding tert-OH is 1. The number of halogens is 2. The van der Waals surface area contributed by atoms with Crippen molar-refractivity contribution in [3.63, 3.8) is 0 Å². The molecule has 4 nitrogen and oxygen atoms in total. The zero-order chi connectivity index (χ0) is 18.4. The second kappa shape index (κ2) is 8.48. The van der Waals surface area contributed by atoms with Crippen molar-refractivity contribution in [2.24, 2.45) is 0 Å². The maximum Gasteiger partial charge on any atom is 0.220 e. The van der Waals surface area contributed by atoms with Crippen molar-refractivity contribution in [2.45, 2.75) is 31.9 Å². The molecule has 2 aromatic carbocycles. The fraction of sp³-hybridized carbons (Fsp3) is 0.263. The molecule has 25 heavy (non-hydrogen) atoms. The van der Waals surface area contributed by atoms with E-state index in [1.165, 1.54) is 6.07 Å². The van der Waals surface area contributed by atoms with E-state index in [-0.39, 0.29) is 24.2 Å². The van der Waals surface area contributed by atoms with E-state index in [0.29, 0.717) is 5.56 Å². The standard InChI is InChI=1S/C19H19F2NO3/c1-12(19(25)14-7-8-15(20)16(21)11-14)22-18(24)10-9-17(23)13-5-3-2-4-6-13/h2-8,11-12,19,25H,9-10H2,1H3,(H,22,24)/t12-,19-/m1/s1. The molecular formula is C19H19F2NO3. The molecule has 0 saturated heterocycles. The van der Waals surface area contributed by atoms with Crippen molar-refractivity contribution in [1.29, 1.82) is 0 Å². The highest BCUT2D eigenvalue weighted by Crippen LogP contribution is 2.19. The maximum atomic E-state index is 13.2. The molecular weight excluding hydrogens is 328 g/mol. The molecule has 2 N–H and O–H groups in total. The second-order valence-corrected chi connectivity index (χ2v) is 5.76. The summed E-state index contributed by atoms with van der Waals surface area (Å²) in [5.41, 5.74) is 0.692. The predicted octanol–water partition coefficient (Wildman–Crippen LogP) is 3.17. The van der Waals surface area contributed by atoms with Crippen LogP contribution in [-0.4, -0.2) is 22.8 Å². The Balaban J connectivity index is 1.86. The highest BCUT2D eigenvalue weighted by molar-refractivity contribution is 5.97. The zero-order valence-electron chi connectivity index (χ0n) is 13.7. The molecule has 0 radical (unpaired) electrons. The van der Waals surface area contributed by atoms with Crippen molar-refractivity contribution in [1.82, 2.24) is 5.32 Å². The van der Waals surface area contributed by atoms with Gasteiger partial charge in [0.25, 0.3) is 0 Å². The molecule has 2 aromatic rings. The van der Waals surface area contributed by atoms with Crippen molar-refractivity contribution >= 4 is 11.7 Å². The molecule has 2 atom stereocenters. The Labute approximate surface area is 144 Å². The minimum absolute atomic E-state index is 0.0252. The number of aliphatic hydroxyl groups is 1. The van der Waals surface area contributed by atoms with Crippen LogP contribution in [0.2, 0.25) is 0 Å². The van der Waals surface area contributed by atoms with Crippen LogP contribution in [0.5, 0.6) is 0 Å². The first kappa shape index (κ1) is 18.7. The number of hydrogen-bond donors (Lipinski definition) is 2. The SMILES string of the molecule is C[C@@H](NC(=O)CCC(=O)c1ccccc1)[C@@H](O)c1ccc(F)c(F)c1. The summed E-state index contributed by atoms with van der Waals surface area (Å²) < 4.78 is 26.2. The third-order valence-electron chi connectivity index (χ3n) is 3.82. The first-order chi connectivity index (χ1) is 11.9. The van der Waals surface area contributed by atoms with Gasteiger partial charge in [-0.05, 0) is 24.6 Å². The Morgan fingerprint density at radius 2 is 1.72 bits per heavy atom. The molecule has 0 bridgehead atoms. The summed E-state index contributed by atoms with van der Waals surface area (Å²) >= 11 is 0. The molecule has 0 unspecified atom stereocenters. The molecule has 0 aromatic heterocycles. The lowest BCUT2D eigenvalue weighted by molar-refractivity contribution is -0.122. The van der Waals surface area contributed by atoms with Crippen LogP contribution in [0.3, 0.4) is 0 Å². The third kappa shape index (κ3) is 5.19. The van der Waals surface area contributed by atoms with Gasteiger partial charge in [0.1, 0.15) is 0 Å². The largest absolute Gasteiger partial charge is 0.386 e. The van der Waals surface area contributed by atoms with Gasteiger partial charge in [-0.25, -0.2) is 8.78 Å². The first-order valence-corrected chi connectivity index (χ1v) is 7.89. The molecule has 1 amide bonds. The molecule has 0 spiro atoms. The molecule has 0 aliphatic carbocycles. The molecule has 0 aliphatic rings. The topological polar surface area (TPSA) is 66.4 Å². The first-order valence-electron chi connectivity index (χ1n) is 7.89. The molecule has 6 heteroatoms. The van der Waals surface area contributed by atoms with Crippen LogP contribution in [0.4, 0.5) is 8.78 Å². The van der Waals surface area contributed by atoms with E-state index < -0.39 is 29.7 Å².